The molecule has 1 aromatic heterocycles. The van der Waals surface area contributed by atoms with Crippen LogP contribution in [0.5, 0.6) is 0 Å². The van der Waals surface area contributed by atoms with Gasteiger partial charge in [0.25, 0.3) is 0 Å². The predicted molar refractivity (Wildman–Crippen MR) is 54.8 cm³/mol. The van der Waals surface area contributed by atoms with Gasteiger partial charge in [0.15, 0.2) is 0 Å². The maximum Gasteiger partial charge on any atom is 0.142 e. The van der Waals surface area contributed by atoms with Crippen molar-refractivity contribution >= 4 is 0 Å². The van der Waals surface area contributed by atoms with Gasteiger partial charge in [0, 0.05) is 31.5 Å². The number of hydrogen-bond acceptors (Lipinski definition) is 4. The summed E-state index contributed by atoms with van der Waals surface area (Å²) in [4.78, 5) is 10.3. The second kappa shape index (κ2) is 4.63. The minimum Gasteiger partial charge on any atom is -0.329 e. The fourth-order valence-corrected chi connectivity index (χ4v) is 1.95. The Balaban J connectivity index is 2.00. The van der Waals surface area contributed by atoms with Gasteiger partial charge in [-0.05, 0) is 12.5 Å². The monoisotopic (exact) mass is 210 g/mol. The number of halogens is 1. The van der Waals surface area contributed by atoms with E-state index in [9.17, 15) is 4.39 Å². The Hall–Kier alpha value is -1.07. The second-order valence-electron chi connectivity index (χ2n) is 3.82. The van der Waals surface area contributed by atoms with Crippen molar-refractivity contribution in [2.24, 2.45) is 5.73 Å². The minimum atomic E-state index is -0.762. The number of alkyl halides is 1. The number of nitrogens with two attached hydrogens (primary N) is 1. The van der Waals surface area contributed by atoms with Crippen LogP contribution in [-0.2, 0) is 6.54 Å². The van der Waals surface area contributed by atoms with Crippen molar-refractivity contribution in [3.8, 4) is 0 Å². The molecular formula is C10H15FN4. The standard InChI is InChI=1S/C10H15FN4/c11-8-4-9(5-12)15(6-8)7-10-13-2-1-3-14-10/h1-3,8-9H,4-7,12H2/t8-,9+/m0/s1. The number of nitrogens with zero attached hydrogens (tertiary/aromatic N) is 3. The van der Waals surface area contributed by atoms with Crippen LogP contribution in [0.4, 0.5) is 4.39 Å². The molecule has 0 amide bonds. The molecule has 0 spiro atoms. The first kappa shape index (κ1) is 10.4. The highest BCUT2D eigenvalue weighted by molar-refractivity contribution is 4.93. The lowest BCUT2D eigenvalue weighted by Gasteiger charge is -2.21. The maximum atomic E-state index is 13.2. The molecule has 4 nitrogen and oxygen atoms in total. The summed E-state index contributed by atoms with van der Waals surface area (Å²) in [6.45, 7) is 1.52. The number of hydrogen-bond donors (Lipinski definition) is 1. The molecule has 1 saturated heterocycles. The molecule has 2 rings (SSSR count). The van der Waals surface area contributed by atoms with Crippen LogP contribution in [0.3, 0.4) is 0 Å². The highest BCUT2D eigenvalue weighted by Gasteiger charge is 2.31. The normalized spacial score (nSPS) is 27.1. The summed E-state index contributed by atoms with van der Waals surface area (Å²) >= 11 is 0. The van der Waals surface area contributed by atoms with E-state index in [4.69, 9.17) is 5.73 Å². The van der Waals surface area contributed by atoms with Crippen LogP contribution in [0, 0.1) is 0 Å². The molecule has 0 radical (unpaired) electrons. The van der Waals surface area contributed by atoms with Crippen molar-refractivity contribution < 1.29 is 4.39 Å². The van der Waals surface area contributed by atoms with Gasteiger partial charge < -0.3 is 5.73 Å². The molecule has 1 fully saturated rings. The van der Waals surface area contributed by atoms with E-state index in [0.29, 0.717) is 26.1 Å². The van der Waals surface area contributed by atoms with Gasteiger partial charge in [0.05, 0.1) is 6.54 Å². The molecule has 5 heteroatoms. The molecule has 0 saturated carbocycles. The van der Waals surface area contributed by atoms with Crippen molar-refractivity contribution in [3.63, 3.8) is 0 Å². The molecule has 1 aliphatic heterocycles. The first-order valence-corrected chi connectivity index (χ1v) is 5.13. The number of rotatable bonds is 3. The Morgan fingerprint density at radius 1 is 1.47 bits per heavy atom. The first-order chi connectivity index (χ1) is 7.29. The second-order valence-corrected chi connectivity index (χ2v) is 3.82. The van der Waals surface area contributed by atoms with Crippen LogP contribution < -0.4 is 5.73 Å². The molecule has 2 N–H and O–H groups in total. The van der Waals surface area contributed by atoms with Crippen LogP contribution in [0.25, 0.3) is 0 Å². The van der Waals surface area contributed by atoms with Gasteiger partial charge in [-0.1, -0.05) is 0 Å². The highest BCUT2D eigenvalue weighted by atomic mass is 19.1. The average Bonchev–Trinajstić information content (AvgIpc) is 2.60. The molecule has 0 aliphatic carbocycles. The van der Waals surface area contributed by atoms with Crippen molar-refractivity contribution in [2.45, 2.75) is 25.2 Å². The van der Waals surface area contributed by atoms with Crippen LogP contribution in [-0.4, -0.2) is 40.2 Å². The molecule has 2 heterocycles. The molecular weight excluding hydrogens is 195 g/mol. The van der Waals surface area contributed by atoms with Crippen LogP contribution in [0.15, 0.2) is 18.5 Å². The number of likely N-dealkylation sites (tertiary alicyclic amines) is 1. The van der Waals surface area contributed by atoms with Gasteiger partial charge >= 0.3 is 0 Å². The zero-order chi connectivity index (χ0) is 10.7. The molecule has 15 heavy (non-hydrogen) atoms. The van der Waals surface area contributed by atoms with Gasteiger partial charge in [-0.25, -0.2) is 14.4 Å². The van der Waals surface area contributed by atoms with Gasteiger partial charge in [0.2, 0.25) is 0 Å². The molecule has 0 unspecified atom stereocenters. The quantitative estimate of drug-likeness (QED) is 0.782. The van der Waals surface area contributed by atoms with Crippen molar-refractivity contribution in [3.05, 3.63) is 24.3 Å². The van der Waals surface area contributed by atoms with E-state index in [1.807, 2.05) is 4.90 Å². The average molecular weight is 210 g/mol. The lowest BCUT2D eigenvalue weighted by molar-refractivity contribution is 0.233. The first-order valence-electron chi connectivity index (χ1n) is 5.13. The fourth-order valence-electron chi connectivity index (χ4n) is 1.95. The van der Waals surface area contributed by atoms with E-state index in [-0.39, 0.29) is 6.04 Å². The largest absolute Gasteiger partial charge is 0.329 e. The summed E-state index contributed by atoms with van der Waals surface area (Å²) in [5.74, 6) is 0.727. The third kappa shape index (κ3) is 2.49. The lowest BCUT2D eigenvalue weighted by Crippen LogP contribution is -2.35. The molecule has 1 aromatic rings. The van der Waals surface area contributed by atoms with Crippen LogP contribution >= 0.6 is 0 Å². The Kier molecular flexibility index (Phi) is 3.23. The van der Waals surface area contributed by atoms with Gasteiger partial charge in [-0.15, -0.1) is 0 Å². The highest BCUT2D eigenvalue weighted by Crippen LogP contribution is 2.20. The van der Waals surface area contributed by atoms with E-state index in [1.54, 1.807) is 18.5 Å². The fraction of sp³-hybridized carbons (Fsp3) is 0.600. The van der Waals surface area contributed by atoms with Crippen molar-refractivity contribution in [1.82, 2.24) is 14.9 Å². The Morgan fingerprint density at radius 3 is 2.87 bits per heavy atom. The summed E-state index contributed by atoms with van der Waals surface area (Å²) < 4.78 is 13.2. The molecule has 0 aromatic carbocycles. The summed E-state index contributed by atoms with van der Waals surface area (Å²) in [5.41, 5.74) is 5.59. The third-order valence-electron chi connectivity index (χ3n) is 2.71. The molecule has 82 valence electrons. The molecule has 2 atom stereocenters. The Bertz CT molecular complexity index is 306. The van der Waals surface area contributed by atoms with Crippen LogP contribution in [0.1, 0.15) is 12.2 Å². The van der Waals surface area contributed by atoms with Crippen molar-refractivity contribution in [2.75, 3.05) is 13.1 Å². The van der Waals surface area contributed by atoms with Gasteiger partial charge in [-0.2, -0.15) is 0 Å². The maximum absolute atomic E-state index is 13.2. The van der Waals surface area contributed by atoms with E-state index in [2.05, 4.69) is 9.97 Å². The minimum absolute atomic E-state index is 0.129. The van der Waals surface area contributed by atoms with E-state index in [0.717, 1.165) is 5.82 Å². The van der Waals surface area contributed by atoms with E-state index in [1.165, 1.54) is 0 Å². The lowest BCUT2D eigenvalue weighted by atomic mass is 10.2. The van der Waals surface area contributed by atoms with Gasteiger partial charge in [0.1, 0.15) is 12.0 Å². The summed E-state index contributed by atoms with van der Waals surface area (Å²) in [5, 5.41) is 0. The van der Waals surface area contributed by atoms with E-state index < -0.39 is 6.17 Å². The molecule has 0 bridgehead atoms. The van der Waals surface area contributed by atoms with Crippen LogP contribution in [0.2, 0.25) is 0 Å². The van der Waals surface area contributed by atoms with Crippen molar-refractivity contribution in [1.29, 1.82) is 0 Å². The SMILES string of the molecule is NC[C@H]1C[C@H](F)CN1Cc1ncccn1. The summed E-state index contributed by atoms with van der Waals surface area (Å²) in [6, 6.07) is 1.90. The van der Waals surface area contributed by atoms with Gasteiger partial charge in [-0.3, -0.25) is 4.90 Å². The smallest absolute Gasteiger partial charge is 0.142 e. The molecule has 1 aliphatic rings. The zero-order valence-electron chi connectivity index (χ0n) is 8.51. The Morgan fingerprint density at radius 2 is 2.20 bits per heavy atom. The number of aromatic nitrogens is 2. The topological polar surface area (TPSA) is 55.0 Å². The zero-order valence-corrected chi connectivity index (χ0v) is 8.51. The Labute approximate surface area is 88.3 Å². The summed E-state index contributed by atoms with van der Waals surface area (Å²) in [7, 11) is 0. The predicted octanol–water partition coefficient (Wildman–Crippen LogP) is 0.348. The summed E-state index contributed by atoms with van der Waals surface area (Å²) in [6.07, 6.45) is 3.16. The third-order valence-corrected chi connectivity index (χ3v) is 2.71. The van der Waals surface area contributed by atoms with E-state index >= 15 is 0 Å².